The fourth-order valence-corrected chi connectivity index (χ4v) is 2.57. The Hall–Kier alpha value is -2.64. The van der Waals surface area contributed by atoms with E-state index in [1.54, 1.807) is 17.1 Å². The SMILES string of the molecule is N#CC1=NN(c2ccc(Cl)cc2)[C@@H](c2ccccc2)CC1=O. The zero-order valence-electron chi connectivity index (χ0n) is 11.6. The molecule has 2 aromatic carbocycles. The number of Topliss-reactive ketones (excluding diaryl/α,β-unsaturated/α-hetero) is 1. The van der Waals surface area contributed by atoms with E-state index < -0.39 is 0 Å². The van der Waals surface area contributed by atoms with E-state index in [0.29, 0.717) is 5.02 Å². The van der Waals surface area contributed by atoms with Gasteiger partial charge >= 0.3 is 0 Å². The number of carbonyl (C=O) groups is 1. The topological polar surface area (TPSA) is 56.5 Å². The molecule has 1 aliphatic rings. The molecule has 0 amide bonds. The zero-order chi connectivity index (χ0) is 15.5. The molecule has 108 valence electrons. The molecule has 0 bridgehead atoms. The molecule has 0 saturated carbocycles. The number of ketones is 1. The van der Waals surface area contributed by atoms with Crippen LogP contribution in [0.2, 0.25) is 5.02 Å². The summed E-state index contributed by atoms with van der Waals surface area (Å²) < 4.78 is 0. The van der Waals surface area contributed by atoms with Crippen LogP contribution in [-0.2, 0) is 4.79 Å². The first kappa shape index (κ1) is 14.3. The molecule has 0 N–H and O–H groups in total. The van der Waals surface area contributed by atoms with Gasteiger partial charge in [-0.05, 0) is 29.8 Å². The first-order valence-electron chi connectivity index (χ1n) is 6.80. The maximum absolute atomic E-state index is 12.0. The number of benzene rings is 2. The highest BCUT2D eigenvalue weighted by Crippen LogP contribution is 2.33. The van der Waals surface area contributed by atoms with Crippen molar-refractivity contribution in [3.63, 3.8) is 0 Å². The van der Waals surface area contributed by atoms with Crippen molar-refractivity contribution in [3.8, 4) is 6.07 Å². The molecular weight excluding hydrogens is 298 g/mol. The molecule has 3 rings (SSSR count). The van der Waals surface area contributed by atoms with Gasteiger partial charge in [0.25, 0.3) is 0 Å². The number of hydrazone groups is 1. The molecule has 22 heavy (non-hydrogen) atoms. The molecule has 1 atom stereocenters. The van der Waals surface area contributed by atoms with E-state index in [0.717, 1.165) is 11.3 Å². The van der Waals surface area contributed by atoms with E-state index in [4.69, 9.17) is 16.9 Å². The van der Waals surface area contributed by atoms with Crippen LogP contribution in [0.5, 0.6) is 0 Å². The molecule has 0 unspecified atom stereocenters. The quantitative estimate of drug-likeness (QED) is 0.849. The summed E-state index contributed by atoms with van der Waals surface area (Å²) in [5.41, 5.74) is 1.70. The van der Waals surface area contributed by atoms with Crippen LogP contribution in [0.3, 0.4) is 0 Å². The summed E-state index contributed by atoms with van der Waals surface area (Å²) in [6, 6.07) is 18.5. The monoisotopic (exact) mass is 309 g/mol. The van der Waals surface area contributed by atoms with Crippen molar-refractivity contribution in [3.05, 3.63) is 65.2 Å². The lowest BCUT2D eigenvalue weighted by Crippen LogP contribution is -2.34. The van der Waals surface area contributed by atoms with Crippen molar-refractivity contribution in [2.45, 2.75) is 12.5 Å². The van der Waals surface area contributed by atoms with Crippen LogP contribution < -0.4 is 5.01 Å². The average molecular weight is 310 g/mol. The number of hydrogen-bond acceptors (Lipinski definition) is 4. The van der Waals surface area contributed by atoms with E-state index in [9.17, 15) is 4.79 Å². The molecule has 1 aliphatic heterocycles. The minimum absolute atomic E-state index is 0.0675. The fraction of sp³-hybridized carbons (Fsp3) is 0.118. The minimum Gasteiger partial charge on any atom is -0.291 e. The number of rotatable bonds is 2. The highest BCUT2D eigenvalue weighted by Gasteiger charge is 2.31. The van der Waals surface area contributed by atoms with Crippen LogP contribution in [0, 0.1) is 11.3 Å². The molecule has 4 nitrogen and oxygen atoms in total. The summed E-state index contributed by atoms with van der Waals surface area (Å²) >= 11 is 5.92. The molecule has 0 radical (unpaired) electrons. The largest absolute Gasteiger partial charge is 0.291 e. The van der Waals surface area contributed by atoms with Crippen LogP contribution in [0.15, 0.2) is 59.7 Å². The first-order valence-corrected chi connectivity index (χ1v) is 7.18. The second kappa shape index (κ2) is 6.00. The summed E-state index contributed by atoms with van der Waals surface area (Å²) in [4.78, 5) is 12.0. The molecule has 0 aliphatic carbocycles. The Morgan fingerprint density at radius 3 is 2.45 bits per heavy atom. The lowest BCUT2D eigenvalue weighted by Gasteiger charge is -2.32. The maximum atomic E-state index is 12.0. The average Bonchev–Trinajstić information content (AvgIpc) is 2.56. The standard InChI is InChI=1S/C17H12ClN3O/c18-13-6-8-14(9-7-13)21-16(12-4-2-1-3-5-12)10-17(22)15(11-19)20-21/h1-9,16H,10H2/t16-/m1/s1. The molecule has 0 spiro atoms. The molecular formula is C17H12ClN3O. The lowest BCUT2D eigenvalue weighted by atomic mass is 9.97. The first-order chi connectivity index (χ1) is 10.7. The van der Waals surface area contributed by atoms with Gasteiger partial charge in [0, 0.05) is 11.4 Å². The van der Waals surface area contributed by atoms with Gasteiger partial charge in [-0.25, -0.2) is 0 Å². The third kappa shape index (κ3) is 2.72. The highest BCUT2D eigenvalue weighted by molar-refractivity contribution is 6.46. The van der Waals surface area contributed by atoms with Crippen molar-refractivity contribution in [1.82, 2.24) is 0 Å². The normalized spacial score (nSPS) is 17.8. The van der Waals surface area contributed by atoms with Gasteiger partial charge in [-0.3, -0.25) is 9.80 Å². The van der Waals surface area contributed by atoms with Crippen molar-refractivity contribution < 1.29 is 4.79 Å². The fourth-order valence-electron chi connectivity index (χ4n) is 2.44. The van der Waals surface area contributed by atoms with Crippen molar-refractivity contribution in [2.75, 3.05) is 5.01 Å². The van der Waals surface area contributed by atoms with Gasteiger partial charge in [-0.15, -0.1) is 0 Å². The van der Waals surface area contributed by atoms with Crippen LogP contribution in [0.4, 0.5) is 5.69 Å². The van der Waals surface area contributed by atoms with Crippen molar-refractivity contribution in [2.24, 2.45) is 5.10 Å². The van der Waals surface area contributed by atoms with Gasteiger partial charge in [-0.2, -0.15) is 10.4 Å². The van der Waals surface area contributed by atoms with Crippen LogP contribution in [0.1, 0.15) is 18.0 Å². The van der Waals surface area contributed by atoms with Gasteiger partial charge in [0.05, 0.1) is 11.7 Å². The summed E-state index contributed by atoms with van der Waals surface area (Å²) in [5, 5.41) is 15.6. The van der Waals surface area contributed by atoms with Crippen LogP contribution >= 0.6 is 11.6 Å². The number of hydrogen-bond donors (Lipinski definition) is 0. The highest BCUT2D eigenvalue weighted by atomic mass is 35.5. The Balaban J connectivity index is 2.07. The molecule has 0 saturated heterocycles. The van der Waals surface area contributed by atoms with Gasteiger partial charge in [0.1, 0.15) is 6.07 Å². The predicted molar refractivity (Wildman–Crippen MR) is 85.8 cm³/mol. The van der Waals surface area contributed by atoms with Gasteiger partial charge in [-0.1, -0.05) is 41.9 Å². The maximum Gasteiger partial charge on any atom is 0.203 e. The third-order valence-electron chi connectivity index (χ3n) is 3.53. The van der Waals surface area contributed by atoms with Crippen molar-refractivity contribution >= 4 is 28.8 Å². The lowest BCUT2D eigenvalue weighted by molar-refractivity contribution is -0.113. The molecule has 5 heteroatoms. The third-order valence-corrected chi connectivity index (χ3v) is 3.78. The number of carbonyl (C=O) groups excluding carboxylic acids is 1. The summed E-state index contributed by atoms with van der Waals surface area (Å²) in [5.74, 6) is -0.235. The molecule has 0 fully saturated rings. The van der Waals surface area contributed by atoms with Crippen LogP contribution in [0.25, 0.3) is 0 Å². The van der Waals surface area contributed by atoms with Crippen molar-refractivity contribution in [1.29, 1.82) is 5.26 Å². The Morgan fingerprint density at radius 1 is 1.14 bits per heavy atom. The minimum atomic E-state index is -0.235. The molecule has 1 heterocycles. The summed E-state index contributed by atoms with van der Waals surface area (Å²) in [6.45, 7) is 0. The van der Waals surface area contributed by atoms with Crippen LogP contribution in [-0.4, -0.2) is 11.5 Å². The number of halogens is 1. The van der Waals surface area contributed by atoms with E-state index >= 15 is 0 Å². The van der Waals surface area contributed by atoms with E-state index in [-0.39, 0.29) is 24.0 Å². The van der Waals surface area contributed by atoms with Gasteiger partial charge < -0.3 is 0 Å². The predicted octanol–water partition coefficient (Wildman–Crippen LogP) is 3.74. The Morgan fingerprint density at radius 2 is 1.82 bits per heavy atom. The second-order valence-electron chi connectivity index (χ2n) is 4.94. The Kier molecular flexibility index (Phi) is 3.90. The number of nitriles is 1. The van der Waals surface area contributed by atoms with Gasteiger partial charge in [0.15, 0.2) is 5.78 Å². The van der Waals surface area contributed by atoms with Gasteiger partial charge in [0.2, 0.25) is 5.71 Å². The Bertz CT molecular complexity index is 763. The number of nitrogens with zero attached hydrogens (tertiary/aromatic N) is 3. The molecule has 0 aromatic heterocycles. The van der Waals surface area contributed by atoms with E-state index in [1.165, 1.54) is 0 Å². The molecule has 2 aromatic rings. The summed E-state index contributed by atoms with van der Waals surface area (Å²) in [7, 11) is 0. The Labute approximate surface area is 133 Å². The van der Waals surface area contributed by atoms with E-state index in [2.05, 4.69) is 5.10 Å². The van der Waals surface area contributed by atoms with E-state index in [1.807, 2.05) is 48.5 Å². The zero-order valence-corrected chi connectivity index (χ0v) is 12.4. The second-order valence-corrected chi connectivity index (χ2v) is 5.37. The summed E-state index contributed by atoms with van der Waals surface area (Å²) in [6.07, 6.45) is 0.221. The number of anilines is 1. The smallest absolute Gasteiger partial charge is 0.203 e.